The fraction of sp³-hybridized carbons (Fsp3) is 0.310. The summed E-state index contributed by atoms with van der Waals surface area (Å²) in [4.78, 5) is 46.0. The summed E-state index contributed by atoms with van der Waals surface area (Å²) in [6.07, 6.45) is 8.51. The van der Waals surface area contributed by atoms with E-state index in [-0.39, 0.29) is 11.7 Å². The average molecular weight is 469 g/mol. The maximum atomic E-state index is 13.6. The number of pyridine rings is 1. The van der Waals surface area contributed by atoms with Crippen LogP contribution in [0.4, 0.5) is 5.69 Å². The van der Waals surface area contributed by atoms with E-state index in [1.807, 2.05) is 36.4 Å². The molecular formula is C29H28N2O4. The minimum atomic E-state index is -1.00. The lowest BCUT2D eigenvalue weighted by Crippen LogP contribution is -2.43. The van der Waals surface area contributed by atoms with Crippen molar-refractivity contribution < 1.29 is 19.1 Å². The molecule has 0 radical (unpaired) electrons. The van der Waals surface area contributed by atoms with E-state index in [4.69, 9.17) is 4.74 Å². The molecule has 2 heterocycles. The van der Waals surface area contributed by atoms with Gasteiger partial charge in [0.15, 0.2) is 5.78 Å². The average Bonchev–Trinajstić information content (AvgIpc) is 3.19. The number of hydrogen-bond acceptors (Lipinski definition) is 5. The van der Waals surface area contributed by atoms with E-state index in [0.717, 1.165) is 43.2 Å². The van der Waals surface area contributed by atoms with Crippen molar-refractivity contribution in [3.63, 3.8) is 0 Å². The Kier molecular flexibility index (Phi) is 6.45. The molecule has 3 aromatic rings. The summed E-state index contributed by atoms with van der Waals surface area (Å²) < 4.78 is 5.20. The predicted molar refractivity (Wildman–Crippen MR) is 133 cm³/mol. The van der Waals surface area contributed by atoms with Gasteiger partial charge in [-0.15, -0.1) is 0 Å². The minimum absolute atomic E-state index is 0.103. The molecule has 5 rings (SSSR count). The summed E-state index contributed by atoms with van der Waals surface area (Å²) in [6.45, 7) is 0. The molecule has 2 atom stereocenters. The number of benzene rings is 2. The van der Waals surface area contributed by atoms with Crippen LogP contribution in [-0.2, 0) is 9.59 Å². The highest BCUT2D eigenvalue weighted by atomic mass is 16.5. The van der Waals surface area contributed by atoms with Crippen LogP contribution in [0.1, 0.15) is 42.5 Å². The van der Waals surface area contributed by atoms with Gasteiger partial charge in [0.05, 0.1) is 13.2 Å². The third-order valence-corrected chi connectivity index (χ3v) is 7.30. The van der Waals surface area contributed by atoms with Crippen molar-refractivity contribution in [3.8, 4) is 16.9 Å². The number of methoxy groups -OCH3 is 1. The van der Waals surface area contributed by atoms with Gasteiger partial charge < -0.3 is 9.64 Å². The highest BCUT2D eigenvalue weighted by Gasteiger charge is 2.54. The number of ketones is 2. The molecule has 1 aliphatic heterocycles. The van der Waals surface area contributed by atoms with Crippen LogP contribution >= 0.6 is 0 Å². The number of carbonyl (C=O) groups is 3. The number of aromatic nitrogens is 1. The van der Waals surface area contributed by atoms with E-state index in [2.05, 4.69) is 4.98 Å². The Hall–Kier alpha value is -3.80. The molecule has 2 aromatic carbocycles. The summed E-state index contributed by atoms with van der Waals surface area (Å²) >= 11 is 0. The second kappa shape index (κ2) is 9.82. The van der Waals surface area contributed by atoms with Gasteiger partial charge in [0.1, 0.15) is 11.7 Å². The van der Waals surface area contributed by atoms with Crippen molar-refractivity contribution in [2.45, 2.75) is 38.1 Å². The summed E-state index contributed by atoms with van der Waals surface area (Å²) in [7, 11) is 1.56. The zero-order valence-corrected chi connectivity index (χ0v) is 19.7. The molecule has 2 aliphatic rings. The van der Waals surface area contributed by atoms with Gasteiger partial charge >= 0.3 is 0 Å². The van der Waals surface area contributed by atoms with E-state index >= 15 is 0 Å². The molecular weight excluding hydrogens is 440 g/mol. The van der Waals surface area contributed by atoms with E-state index < -0.39 is 23.7 Å². The van der Waals surface area contributed by atoms with Crippen molar-refractivity contribution in [2.75, 3.05) is 12.0 Å². The van der Waals surface area contributed by atoms with Crippen molar-refractivity contribution in [1.29, 1.82) is 0 Å². The molecule has 2 unspecified atom stereocenters. The number of amides is 1. The molecule has 0 spiro atoms. The van der Waals surface area contributed by atoms with Gasteiger partial charge in [-0.05, 0) is 78.4 Å². The van der Waals surface area contributed by atoms with Crippen molar-refractivity contribution in [3.05, 3.63) is 78.6 Å². The maximum absolute atomic E-state index is 13.6. The summed E-state index contributed by atoms with van der Waals surface area (Å²) in [5, 5.41) is 0. The minimum Gasteiger partial charge on any atom is -0.497 e. The van der Waals surface area contributed by atoms with E-state index in [9.17, 15) is 14.4 Å². The monoisotopic (exact) mass is 468 g/mol. The Labute approximate surface area is 204 Å². The number of Topliss-reactive ketones (excluding diaryl/α,β-unsaturated/α-hetero) is 2. The first-order chi connectivity index (χ1) is 17.1. The fourth-order valence-corrected chi connectivity index (χ4v) is 5.51. The van der Waals surface area contributed by atoms with Gasteiger partial charge in [0.25, 0.3) is 5.91 Å². The number of nitrogens with zero attached hydrogens (tertiary/aromatic N) is 2. The Morgan fingerprint density at radius 2 is 1.49 bits per heavy atom. The lowest BCUT2D eigenvalue weighted by Gasteiger charge is -2.35. The molecule has 6 nitrogen and oxygen atoms in total. The van der Waals surface area contributed by atoms with Gasteiger partial charge in [-0.1, -0.05) is 31.4 Å². The van der Waals surface area contributed by atoms with Crippen LogP contribution in [0.25, 0.3) is 11.1 Å². The quantitative estimate of drug-likeness (QED) is 0.285. The number of hydrogen-bond donors (Lipinski definition) is 0. The number of anilines is 1. The SMILES string of the molecule is COc1ccc(C(=O)C2C(=O)C(=O)N(c3ccc(-c4ccncc4)cc3)C2C2CCCCC2)cc1. The molecule has 178 valence electrons. The van der Waals surface area contributed by atoms with E-state index in [1.54, 1.807) is 48.7 Å². The number of ether oxygens (including phenoxy) is 1. The van der Waals surface area contributed by atoms with Crippen LogP contribution in [0.3, 0.4) is 0 Å². The van der Waals surface area contributed by atoms with Crippen LogP contribution < -0.4 is 9.64 Å². The number of carbonyl (C=O) groups excluding carboxylic acids is 3. The van der Waals surface area contributed by atoms with E-state index in [0.29, 0.717) is 17.0 Å². The van der Waals surface area contributed by atoms with Gasteiger partial charge in [-0.2, -0.15) is 0 Å². The van der Waals surface area contributed by atoms with Gasteiger partial charge in [0.2, 0.25) is 5.78 Å². The first-order valence-corrected chi connectivity index (χ1v) is 12.1. The first-order valence-electron chi connectivity index (χ1n) is 12.1. The molecule has 6 heteroatoms. The van der Waals surface area contributed by atoms with Crippen molar-refractivity contribution in [2.24, 2.45) is 11.8 Å². The molecule has 1 amide bonds. The highest BCUT2D eigenvalue weighted by Crippen LogP contribution is 2.41. The predicted octanol–water partition coefficient (Wildman–Crippen LogP) is 5.12. The maximum Gasteiger partial charge on any atom is 0.295 e. The Bertz CT molecular complexity index is 1220. The van der Waals surface area contributed by atoms with Crippen LogP contribution in [0.2, 0.25) is 0 Å². The van der Waals surface area contributed by atoms with Gasteiger partial charge in [-0.25, -0.2) is 0 Å². The zero-order chi connectivity index (χ0) is 24.4. The molecule has 2 fully saturated rings. The van der Waals surface area contributed by atoms with Gasteiger partial charge in [0, 0.05) is 23.6 Å². The number of rotatable bonds is 6. The first kappa shape index (κ1) is 23.0. The molecule has 0 bridgehead atoms. The molecule has 1 aliphatic carbocycles. The molecule has 35 heavy (non-hydrogen) atoms. The second-order valence-electron chi connectivity index (χ2n) is 9.28. The second-order valence-corrected chi connectivity index (χ2v) is 9.28. The van der Waals surface area contributed by atoms with E-state index in [1.165, 1.54) is 0 Å². The highest BCUT2D eigenvalue weighted by molar-refractivity contribution is 6.49. The topological polar surface area (TPSA) is 76.6 Å². The van der Waals surface area contributed by atoms with Crippen LogP contribution in [0, 0.1) is 11.8 Å². The Morgan fingerprint density at radius 1 is 0.857 bits per heavy atom. The molecule has 0 N–H and O–H groups in total. The lowest BCUT2D eigenvalue weighted by molar-refractivity contribution is -0.135. The normalized spacial score (nSPS) is 20.8. The molecule has 1 saturated heterocycles. The fourth-order valence-electron chi connectivity index (χ4n) is 5.51. The standard InChI is InChI=1S/C29H28N2O4/c1-35-24-13-9-22(10-14-24)27(32)25-26(21-5-3-2-4-6-21)31(29(34)28(25)33)23-11-7-19(8-12-23)20-15-17-30-18-16-20/h7-18,21,25-26H,2-6H2,1H3. The zero-order valence-electron chi connectivity index (χ0n) is 19.7. The van der Waals surface area contributed by atoms with Crippen LogP contribution in [0.5, 0.6) is 5.75 Å². The lowest BCUT2D eigenvalue weighted by atomic mass is 9.76. The third-order valence-electron chi connectivity index (χ3n) is 7.30. The Morgan fingerprint density at radius 3 is 2.11 bits per heavy atom. The van der Waals surface area contributed by atoms with Crippen molar-refractivity contribution >= 4 is 23.2 Å². The van der Waals surface area contributed by atoms with Crippen LogP contribution in [0.15, 0.2) is 73.1 Å². The van der Waals surface area contributed by atoms with Gasteiger partial charge in [-0.3, -0.25) is 19.4 Å². The third kappa shape index (κ3) is 4.36. The summed E-state index contributed by atoms with van der Waals surface area (Å²) in [5.41, 5.74) is 3.09. The Balaban J connectivity index is 1.51. The van der Waals surface area contributed by atoms with Crippen LogP contribution in [-0.4, -0.2) is 35.6 Å². The molecule has 1 aromatic heterocycles. The largest absolute Gasteiger partial charge is 0.497 e. The molecule has 1 saturated carbocycles. The summed E-state index contributed by atoms with van der Waals surface area (Å²) in [5.74, 6) is -1.76. The van der Waals surface area contributed by atoms with Crippen molar-refractivity contribution in [1.82, 2.24) is 4.98 Å². The smallest absolute Gasteiger partial charge is 0.295 e. The summed E-state index contributed by atoms with van der Waals surface area (Å²) in [6, 6.07) is 17.8.